The number of pyridine rings is 1. The number of unbranched alkanes of at least 4 members (excludes halogenated alkanes) is 1. The third-order valence-corrected chi connectivity index (χ3v) is 6.71. The van der Waals surface area contributed by atoms with Gasteiger partial charge in [0.25, 0.3) is 0 Å². The Bertz CT molecular complexity index is 1130. The third-order valence-electron chi connectivity index (χ3n) is 5.55. The van der Waals surface area contributed by atoms with E-state index in [9.17, 15) is 0 Å². The Labute approximate surface area is 189 Å². The van der Waals surface area contributed by atoms with Gasteiger partial charge in [0.1, 0.15) is 5.82 Å². The molecule has 1 N–H and O–H groups in total. The molecular formula is C27H29N3S. The largest absolute Gasteiger partial charge is 0.357 e. The first kappa shape index (κ1) is 21.3. The second-order valence-electron chi connectivity index (χ2n) is 8.05. The van der Waals surface area contributed by atoms with Crippen molar-refractivity contribution in [2.24, 2.45) is 0 Å². The number of anilines is 1. The van der Waals surface area contributed by atoms with Gasteiger partial charge in [-0.25, -0.2) is 9.97 Å². The van der Waals surface area contributed by atoms with Crippen LogP contribution < -0.4 is 5.32 Å². The zero-order valence-corrected chi connectivity index (χ0v) is 19.1. The summed E-state index contributed by atoms with van der Waals surface area (Å²) in [7, 11) is 0. The van der Waals surface area contributed by atoms with Crippen LogP contribution in [0.1, 0.15) is 36.8 Å². The molecule has 0 aliphatic heterocycles. The predicted octanol–water partition coefficient (Wildman–Crippen LogP) is 7.38. The fraction of sp³-hybridized carbons (Fsp3) is 0.259. The Kier molecular flexibility index (Phi) is 6.47. The highest BCUT2D eigenvalue weighted by Crippen LogP contribution is 2.38. The predicted molar refractivity (Wildman–Crippen MR) is 134 cm³/mol. The van der Waals surface area contributed by atoms with Crippen LogP contribution in [0.3, 0.4) is 0 Å². The second-order valence-corrected chi connectivity index (χ2v) is 9.13. The zero-order chi connectivity index (χ0) is 21.7. The molecule has 0 bridgehead atoms. The summed E-state index contributed by atoms with van der Waals surface area (Å²) in [6.07, 6.45) is 16.4. The minimum Gasteiger partial charge on any atom is -0.357 e. The quantitative estimate of drug-likeness (QED) is 0.381. The van der Waals surface area contributed by atoms with Gasteiger partial charge in [-0.15, -0.1) is 17.9 Å². The van der Waals surface area contributed by atoms with Crippen molar-refractivity contribution >= 4 is 17.2 Å². The van der Waals surface area contributed by atoms with E-state index in [1.165, 1.54) is 27.4 Å². The van der Waals surface area contributed by atoms with E-state index in [0.29, 0.717) is 0 Å². The van der Waals surface area contributed by atoms with E-state index in [0.717, 1.165) is 36.3 Å². The van der Waals surface area contributed by atoms with Crippen LogP contribution in [0.15, 0.2) is 79.6 Å². The molecular weight excluding hydrogens is 398 g/mol. The zero-order valence-electron chi connectivity index (χ0n) is 18.3. The Hall–Kier alpha value is -2.98. The first-order valence-electron chi connectivity index (χ1n) is 10.9. The maximum atomic E-state index is 5.05. The molecule has 158 valence electrons. The van der Waals surface area contributed by atoms with Gasteiger partial charge in [0, 0.05) is 11.8 Å². The molecule has 0 spiro atoms. The molecule has 3 nitrogen and oxygen atoms in total. The molecule has 2 heterocycles. The highest BCUT2D eigenvalue weighted by molar-refractivity contribution is 7.15. The van der Waals surface area contributed by atoms with E-state index in [-0.39, 0.29) is 5.54 Å². The maximum Gasteiger partial charge on any atom is 0.127 e. The van der Waals surface area contributed by atoms with Gasteiger partial charge in [-0.2, -0.15) is 0 Å². The summed E-state index contributed by atoms with van der Waals surface area (Å²) in [6, 6.07) is 12.8. The summed E-state index contributed by atoms with van der Waals surface area (Å²) in [5.41, 5.74) is 4.32. The molecule has 4 rings (SSSR count). The lowest BCUT2D eigenvalue weighted by Gasteiger charge is -2.29. The summed E-state index contributed by atoms with van der Waals surface area (Å²) in [5.74, 6) is 0.844. The Balaban J connectivity index is 1.72. The monoisotopic (exact) mass is 427 g/mol. The summed E-state index contributed by atoms with van der Waals surface area (Å²) in [4.78, 5) is 10.8. The van der Waals surface area contributed by atoms with Crippen LogP contribution in [0, 0.1) is 6.92 Å². The van der Waals surface area contributed by atoms with E-state index in [1.54, 1.807) is 11.3 Å². The van der Waals surface area contributed by atoms with Gasteiger partial charge in [-0.05, 0) is 49.9 Å². The van der Waals surface area contributed by atoms with Crippen molar-refractivity contribution < 1.29 is 0 Å². The van der Waals surface area contributed by atoms with Crippen molar-refractivity contribution in [3.05, 3.63) is 90.1 Å². The van der Waals surface area contributed by atoms with Crippen LogP contribution in [0.5, 0.6) is 0 Å². The van der Waals surface area contributed by atoms with Crippen molar-refractivity contribution in [2.75, 3.05) is 5.32 Å². The SMILES string of the molecule is C=C[C@]1(Nc2cc(-c3sc(CCCC)nc3-c3cccc(C)c3)ccn2)C=CC=CC1. The van der Waals surface area contributed by atoms with Crippen LogP contribution in [0.2, 0.25) is 0 Å². The summed E-state index contributed by atoms with van der Waals surface area (Å²) in [6.45, 7) is 8.39. The number of benzene rings is 1. The number of nitrogens with zero attached hydrogens (tertiary/aromatic N) is 2. The summed E-state index contributed by atoms with van der Waals surface area (Å²) in [5, 5.41) is 4.78. The van der Waals surface area contributed by atoms with Crippen LogP contribution in [0.4, 0.5) is 5.82 Å². The molecule has 3 aromatic rings. The van der Waals surface area contributed by atoms with Gasteiger partial charge in [-0.3, -0.25) is 0 Å². The molecule has 31 heavy (non-hydrogen) atoms. The lowest BCUT2D eigenvalue weighted by atomic mass is 9.91. The molecule has 4 heteroatoms. The lowest BCUT2D eigenvalue weighted by Crippen LogP contribution is -2.34. The number of aryl methyl sites for hydroxylation is 2. The average Bonchev–Trinajstić information content (AvgIpc) is 3.23. The average molecular weight is 428 g/mol. The minimum absolute atomic E-state index is 0.306. The number of aromatic nitrogens is 2. The van der Waals surface area contributed by atoms with Gasteiger partial charge < -0.3 is 5.32 Å². The highest BCUT2D eigenvalue weighted by atomic mass is 32.1. The number of thiazole rings is 1. The molecule has 0 fully saturated rings. The number of rotatable bonds is 8. The van der Waals surface area contributed by atoms with Gasteiger partial charge in [-0.1, -0.05) is 67.5 Å². The van der Waals surface area contributed by atoms with Crippen LogP contribution in [-0.4, -0.2) is 15.5 Å². The molecule has 0 unspecified atom stereocenters. The Morgan fingerprint density at radius 2 is 2.10 bits per heavy atom. The van der Waals surface area contributed by atoms with E-state index >= 15 is 0 Å². The van der Waals surface area contributed by atoms with E-state index in [1.807, 2.05) is 12.3 Å². The number of allylic oxidation sites excluding steroid dienone is 2. The second kappa shape index (κ2) is 9.44. The van der Waals surface area contributed by atoms with Crippen molar-refractivity contribution in [3.63, 3.8) is 0 Å². The van der Waals surface area contributed by atoms with Gasteiger partial charge in [0.15, 0.2) is 0 Å². The number of hydrogen-bond acceptors (Lipinski definition) is 4. The van der Waals surface area contributed by atoms with Crippen molar-refractivity contribution in [3.8, 4) is 21.7 Å². The molecule has 1 atom stereocenters. The third kappa shape index (κ3) is 4.86. The van der Waals surface area contributed by atoms with Gasteiger partial charge in [0.2, 0.25) is 0 Å². The molecule has 1 aliphatic carbocycles. The van der Waals surface area contributed by atoms with Crippen molar-refractivity contribution in [1.82, 2.24) is 9.97 Å². The topological polar surface area (TPSA) is 37.8 Å². The molecule has 1 aliphatic rings. The fourth-order valence-corrected chi connectivity index (χ4v) is 4.92. The summed E-state index contributed by atoms with van der Waals surface area (Å²) < 4.78 is 0. The first-order valence-corrected chi connectivity index (χ1v) is 11.7. The number of nitrogens with one attached hydrogen (secondary N) is 1. The normalized spacial score (nSPS) is 17.6. The molecule has 0 amide bonds. The fourth-order valence-electron chi connectivity index (χ4n) is 3.79. The van der Waals surface area contributed by atoms with E-state index < -0.39 is 0 Å². The van der Waals surface area contributed by atoms with Crippen molar-refractivity contribution in [1.29, 1.82) is 0 Å². The molecule has 0 saturated carbocycles. The van der Waals surface area contributed by atoms with Crippen LogP contribution in [0.25, 0.3) is 21.7 Å². The highest BCUT2D eigenvalue weighted by Gasteiger charge is 2.24. The molecule has 0 radical (unpaired) electrons. The molecule has 2 aromatic heterocycles. The molecule has 0 saturated heterocycles. The van der Waals surface area contributed by atoms with E-state index in [4.69, 9.17) is 4.98 Å². The van der Waals surface area contributed by atoms with Crippen LogP contribution >= 0.6 is 11.3 Å². The minimum atomic E-state index is -0.306. The maximum absolute atomic E-state index is 5.05. The summed E-state index contributed by atoms with van der Waals surface area (Å²) >= 11 is 1.80. The van der Waals surface area contributed by atoms with Gasteiger partial charge in [0.05, 0.1) is 21.1 Å². The standard InChI is InChI=1S/C27H29N3S/c1-4-6-13-24-29-25(21-12-10-11-20(3)18-21)26(31-24)22-14-17-28-23(19-22)30-27(5-2)15-8-7-9-16-27/h5,7-12,14-15,17-19H,2,4,6,13,16H2,1,3H3,(H,28,30)/t27-/m0/s1. The lowest BCUT2D eigenvalue weighted by molar-refractivity contribution is 0.712. The molecule has 1 aromatic carbocycles. The van der Waals surface area contributed by atoms with Crippen LogP contribution in [-0.2, 0) is 6.42 Å². The van der Waals surface area contributed by atoms with E-state index in [2.05, 4.69) is 91.4 Å². The number of hydrogen-bond donors (Lipinski definition) is 1. The van der Waals surface area contributed by atoms with Crippen molar-refractivity contribution in [2.45, 2.75) is 45.1 Å². The first-order chi connectivity index (χ1) is 15.1. The Morgan fingerprint density at radius 1 is 1.19 bits per heavy atom. The van der Waals surface area contributed by atoms with Gasteiger partial charge >= 0.3 is 0 Å². The smallest absolute Gasteiger partial charge is 0.127 e. The Morgan fingerprint density at radius 3 is 2.84 bits per heavy atom.